The van der Waals surface area contributed by atoms with Crippen LogP contribution in [0.5, 0.6) is 0 Å². The molecule has 80 valence electrons. The summed E-state index contributed by atoms with van der Waals surface area (Å²) in [4.78, 5) is 0. The van der Waals surface area contributed by atoms with Gasteiger partial charge in [0.2, 0.25) is 12.4 Å². The van der Waals surface area contributed by atoms with Crippen molar-refractivity contribution in [1.82, 2.24) is 0 Å². The van der Waals surface area contributed by atoms with Gasteiger partial charge in [-0.25, -0.2) is 0 Å². The van der Waals surface area contributed by atoms with E-state index in [-0.39, 0.29) is 0 Å². The van der Waals surface area contributed by atoms with Gasteiger partial charge in [0.05, 0.1) is 7.11 Å². The fraction of sp³-hybridized carbons (Fsp3) is 0.0769. The molecule has 0 aliphatic carbocycles. The molecular formula is C13H13N2O+. The zero-order valence-corrected chi connectivity index (χ0v) is 9.08. The van der Waals surface area contributed by atoms with Crippen LogP contribution in [0.15, 0.2) is 66.0 Å². The Bertz CT molecular complexity index is 466. The highest BCUT2D eigenvalue weighted by Crippen LogP contribution is 2.00. The van der Waals surface area contributed by atoms with Crippen LogP contribution in [0, 0.1) is 0 Å². The van der Waals surface area contributed by atoms with Crippen LogP contribution in [0.2, 0.25) is 0 Å². The summed E-state index contributed by atoms with van der Waals surface area (Å²) in [5.41, 5.74) is 0.960. The van der Waals surface area contributed by atoms with Crippen LogP contribution in [-0.4, -0.2) is 13.0 Å². The van der Waals surface area contributed by atoms with Gasteiger partial charge in [-0.15, -0.1) is 0 Å². The summed E-state index contributed by atoms with van der Waals surface area (Å²) in [5, 5.41) is 4.36. The topological polar surface area (TPSA) is 25.5 Å². The van der Waals surface area contributed by atoms with Crippen LogP contribution >= 0.6 is 0 Å². The van der Waals surface area contributed by atoms with Gasteiger partial charge >= 0.3 is 0 Å². The first-order valence-electron chi connectivity index (χ1n) is 5.05. The molecule has 0 spiro atoms. The predicted molar refractivity (Wildman–Crippen MR) is 62.0 cm³/mol. The molecule has 1 heterocycles. The third-order valence-electron chi connectivity index (χ3n) is 2.12. The fourth-order valence-electron chi connectivity index (χ4n) is 1.36. The van der Waals surface area contributed by atoms with Gasteiger partial charge in [-0.05, 0) is 12.1 Å². The van der Waals surface area contributed by atoms with E-state index in [4.69, 9.17) is 4.74 Å². The Hall–Kier alpha value is -2.16. The Balaban J connectivity index is 2.34. The zero-order chi connectivity index (χ0) is 11.2. The van der Waals surface area contributed by atoms with Gasteiger partial charge in [-0.1, -0.05) is 28.9 Å². The lowest BCUT2D eigenvalue weighted by Gasteiger charge is -2.00. The van der Waals surface area contributed by atoms with E-state index in [0.717, 1.165) is 5.56 Å². The van der Waals surface area contributed by atoms with Gasteiger partial charge in [-0.3, -0.25) is 0 Å². The lowest BCUT2D eigenvalue weighted by atomic mass is 10.2. The fourth-order valence-corrected chi connectivity index (χ4v) is 1.36. The Morgan fingerprint density at radius 1 is 1.00 bits per heavy atom. The Labute approximate surface area is 94.6 Å². The highest BCUT2D eigenvalue weighted by atomic mass is 16.5. The number of ether oxygens (including phenoxy) is 1. The third kappa shape index (κ3) is 2.45. The first-order chi connectivity index (χ1) is 7.90. The summed E-state index contributed by atoms with van der Waals surface area (Å²) >= 11 is 0. The molecule has 1 aromatic heterocycles. The maximum atomic E-state index is 5.27. The average Bonchev–Trinajstić information content (AvgIpc) is 2.38. The van der Waals surface area contributed by atoms with E-state index in [0.29, 0.717) is 5.90 Å². The largest absolute Gasteiger partial charge is 0.477 e. The molecular weight excluding hydrogens is 200 g/mol. The highest BCUT2D eigenvalue weighted by molar-refractivity contribution is 5.93. The van der Waals surface area contributed by atoms with Gasteiger partial charge in [0.15, 0.2) is 0 Å². The Morgan fingerprint density at radius 2 is 1.62 bits per heavy atom. The third-order valence-corrected chi connectivity index (χ3v) is 2.12. The van der Waals surface area contributed by atoms with Gasteiger partial charge in [0.1, 0.15) is 0 Å². The molecule has 0 N–H and O–H groups in total. The van der Waals surface area contributed by atoms with Crippen molar-refractivity contribution < 1.29 is 9.41 Å². The van der Waals surface area contributed by atoms with Crippen molar-refractivity contribution in [2.45, 2.75) is 0 Å². The number of nitrogens with zero attached hydrogens (tertiary/aromatic N) is 2. The molecule has 3 heteroatoms. The van der Waals surface area contributed by atoms with Crippen molar-refractivity contribution in [3.8, 4) is 0 Å². The van der Waals surface area contributed by atoms with Gasteiger partial charge in [0, 0.05) is 22.8 Å². The minimum Gasteiger partial charge on any atom is -0.477 e. The van der Waals surface area contributed by atoms with E-state index in [9.17, 15) is 0 Å². The van der Waals surface area contributed by atoms with Crippen molar-refractivity contribution >= 4 is 5.90 Å². The summed E-state index contributed by atoms with van der Waals surface area (Å²) in [6, 6.07) is 15.6. The molecule has 0 fully saturated rings. The lowest BCUT2D eigenvalue weighted by Crippen LogP contribution is -2.28. The molecule has 0 bridgehead atoms. The molecule has 0 aliphatic heterocycles. The number of hydrogen-bond donors (Lipinski definition) is 0. The molecule has 0 aliphatic rings. The van der Waals surface area contributed by atoms with Gasteiger partial charge in [0.25, 0.3) is 5.90 Å². The molecule has 0 amide bonds. The monoisotopic (exact) mass is 213 g/mol. The molecule has 0 unspecified atom stereocenters. The molecule has 0 saturated heterocycles. The summed E-state index contributed by atoms with van der Waals surface area (Å²) in [7, 11) is 1.62. The van der Waals surface area contributed by atoms with Crippen LogP contribution < -0.4 is 4.68 Å². The van der Waals surface area contributed by atoms with E-state index in [1.165, 1.54) is 0 Å². The van der Waals surface area contributed by atoms with Crippen LogP contribution in [0.4, 0.5) is 0 Å². The van der Waals surface area contributed by atoms with E-state index < -0.39 is 0 Å². The number of benzene rings is 1. The van der Waals surface area contributed by atoms with Crippen LogP contribution in [0.25, 0.3) is 0 Å². The van der Waals surface area contributed by atoms with Gasteiger partial charge in [-0.2, -0.15) is 0 Å². The Morgan fingerprint density at radius 3 is 2.25 bits per heavy atom. The number of rotatable bonds is 2. The number of pyridine rings is 1. The quantitative estimate of drug-likeness (QED) is 0.424. The van der Waals surface area contributed by atoms with Crippen molar-refractivity contribution in [3.05, 3.63) is 66.5 Å². The van der Waals surface area contributed by atoms with Crippen LogP contribution in [-0.2, 0) is 4.74 Å². The minimum atomic E-state index is 0.594. The average molecular weight is 213 g/mol. The molecule has 3 nitrogen and oxygen atoms in total. The van der Waals surface area contributed by atoms with Crippen molar-refractivity contribution in [2.75, 3.05) is 7.11 Å². The Kier molecular flexibility index (Phi) is 3.28. The first kappa shape index (κ1) is 10.4. The second kappa shape index (κ2) is 5.07. The predicted octanol–water partition coefficient (Wildman–Crippen LogP) is 1.83. The van der Waals surface area contributed by atoms with E-state index in [1.54, 1.807) is 11.8 Å². The van der Waals surface area contributed by atoms with Gasteiger partial charge < -0.3 is 4.74 Å². The van der Waals surface area contributed by atoms with Crippen molar-refractivity contribution in [1.29, 1.82) is 0 Å². The molecule has 2 aromatic rings. The second-order valence-corrected chi connectivity index (χ2v) is 3.23. The maximum Gasteiger partial charge on any atom is 0.286 e. The van der Waals surface area contributed by atoms with Crippen LogP contribution in [0.1, 0.15) is 5.56 Å². The van der Waals surface area contributed by atoms with Crippen molar-refractivity contribution in [2.24, 2.45) is 5.10 Å². The summed E-state index contributed by atoms with van der Waals surface area (Å²) in [6.45, 7) is 0. The minimum absolute atomic E-state index is 0.594. The normalized spacial score (nSPS) is 11.2. The first-order valence-corrected chi connectivity index (χ1v) is 5.05. The van der Waals surface area contributed by atoms with E-state index >= 15 is 0 Å². The molecule has 0 atom stereocenters. The zero-order valence-electron chi connectivity index (χ0n) is 9.08. The summed E-state index contributed by atoms with van der Waals surface area (Å²) in [5.74, 6) is 0.594. The van der Waals surface area contributed by atoms with Crippen molar-refractivity contribution in [3.63, 3.8) is 0 Å². The van der Waals surface area contributed by atoms with Crippen LogP contribution in [0.3, 0.4) is 0 Å². The molecule has 16 heavy (non-hydrogen) atoms. The molecule has 0 radical (unpaired) electrons. The maximum absolute atomic E-state index is 5.27. The molecule has 1 aromatic carbocycles. The number of aromatic nitrogens is 1. The summed E-state index contributed by atoms with van der Waals surface area (Å²) in [6.07, 6.45) is 3.73. The van der Waals surface area contributed by atoms with E-state index in [1.807, 2.05) is 60.9 Å². The molecule has 2 rings (SSSR count). The number of methoxy groups -OCH3 is 1. The number of hydrogen-bond acceptors (Lipinski definition) is 2. The van der Waals surface area contributed by atoms with E-state index in [2.05, 4.69) is 5.10 Å². The SMILES string of the molecule is CO/C(=N/[n+]1ccccc1)c1ccccc1. The highest BCUT2D eigenvalue weighted by Gasteiger charge is 2.06. The molecule has 0 saturated carbocycles. The smallest absolute Gasteiger partial charge is 0.286 e. The summed E-state index contributed by atoms with van der Waals surface area (Å²) < 4.78 is 6.98. The standard InChI is InChI=1S/C13H13N2O/c1-16-13(12-8-4-2-5-9-12)14-15-10-6-3-7-11-15/h2-11H,1H3/q+1/b14-13+. The second-order valence-electron chi connectivity index (χ2n) is 3.23. The lowest BCUT2D eigenvalue weighted by molar-refractivity contribution is -0.679.